The zero-order valence-corrected chi connectivity index (χ0v) is 20.3. The van der Waals surface area contributed by atoms with Crippen molar-refractivity contribution in [3.63, 3.8) is 0 Å². The molecule has 7 nitrogen and oxygen atoms in total. The number of aromatic nitrogens is 1. The average Bonchev–Trinajstić information content (AvgIpc) is 3.28. The normalized spacial score (nSPS) is 10.8. The first-order valence-electron chi connectivity index (χ1n) is 9.91. The summed E-state index contributed by atoms with van der Waals surface area (Å²) in [6.07, 6.45) is 0. The van der Waals surface area contributed by atoms with Gasteiger partial charge in [0.25, 0.3) is 5.91 Å². The number of carbonyl (C=O) groups is 1. The number of benzene rings is 2. The molecule has 3 aromatic rings. The fourth-order valence-electron chi connectivity index (χ4n) is 3.04. The maximum absolute atomic E-state index is 13.1. The Kier molecular flexibility index (Phi) is 9.04. The molecule has 1 heterocycles. The maximum atomic E-state index is 13.1. The second-order valence-electron chi connectivity index (χ2n) is 6.89. The summed E-state index contributed by atoms with van der Waals surface area (Å²) in [4.78, 5) is 19.2. The third-order valence-electron chi connectivity index (χ3n) is 4.64. The van der Waals surface area contributed by atoms with Gasteiger partial charge in [-0.1, -0.05) is 28.1 Å². The van der Waals surface area contributed by atoms with Crippen LogP contribution in [0.4, 0.5) is 0 Å². The lowest BCUT2D eigenvalue weighted by Gasteiger charge is -2.23. The van der Waals surface area contributed by atoms with Crippen molar-refractivity contribution in [2.24, 2.45) is 0 Å². The lowest BCUT2D eigenvalue weighted by molar-refractivity contribution is 0.0680. The summed E-state index contributed by atoms with van der Waals surface area (Å²) in [6, 6.07) is 12.9. The molecule has 0 spiro atoms. The zero-order valence-electron chi connectivity index (χ0n) is 17.9. The zero-order chi connectivity index (χ0) is 22.9. The Balaban J connectivity index is 1.77. The van der Waals surface area contributed by atoms with Crippen molar-refractivity contribution in [3.05, 3.63) is 74.1 Å². The van der Waals surface area contributed by atoms with Crippen molar-refractivity contribution < 1.29 is 24.1 Å². The molecule has 2 aromatic carbocycles. The summed E-state index contributed by atoms with van der Waals surface area (Å²) in [5, 5.41) is 11.7. The number of hydrogen-bond donors (Lipinski definition) is 1. The molecule has 1 amide bonds. The first kappa shape index (κ1) is 24.2. The SMILES string of the molecule is COCCN(Cc1ccc(OC)c(OCc2nc(CO)cs2)c1)C(=O)c1cccc(Br)c1. The number of rotatable bonds is 11. The number of ether oxygens (including phenoxy) is 3. The van der Waals surface area contributed by atoms with Crippen LogP contribution in [0.15, 0.2) is 52.3 Å². The van der Waals surface area contributed by atoms with E-state index in [-0.39, 0.29) is 19.1 Å². The Morgan fingerprint density at radius 2 is 2.03 bits per heavy atom. The minimum atomic E-state index is -0.0986. The van der Waals surface area contributed by atoms with Crippen molar-refractivity contribution in [1.29, 1.82) is 0 Å². The molecule has 170 valence electrons. The smallest absolute Gasteiger partial charge is 0.254 e. The standard InChI is InChI=1S/C23H25BrN2O5S/c1-29-9-8-26(23(28)17-4-3-5-18(24)11-17)12-16-6-7-20(30-2)21(10-16)31-14-22-25-19(13-27)15-32-22/h3-7,10-11,15,27H,8-9,12-14H2,1-2H3. The van der Waals surface area contributed by atoms with Gasteiger partial charge in [-0.05, 0) is 35.9 Å². The molecule has 0 radical (unpaired) electrons. The van der Waals surface area contributed by atoms with Gasteiger partial charge in [0.1, 0.15) is 11.6 Å². The summed E-state index contributed by atoms with van der Waals surface area (Å²) in [7, 11) is 3.19. The number of thiazole rings is 1. The van der Waals surface area contributed by atoms with E-state index in [0.717, 1.165) is 15.0 Å². The van der Waals surface area contributed by atoms with E-state index >= 15 is 0 Å². The highest BCUT2D eigenvalue weighted by molar-refractivity contribution is 9.10. The van der Waals surface area contributed by atoms with Gasteiger partial charge in [-0.2, -0.15) is 0 Å². The van der Waals surface area contributed by atoms with Crippen LogP contribution in [0.3, 0.4) is 0 Å². The number of methoxy groups -OCH3 is 2. The van der Waals surface area contributed by atoms with Crippen LogP contribution in [-0.2, 0) is 24.5 Å². The number of hydrogen-bond acceptors (Lipinski definition) is 7. The summed E-state index contributed by atoms with van der Waals surface area (Å²) in [5.41, 5.74) is 2.12. The van der Waals surface area contributed by atoms with Gasteiger partial charge >= 0.3 is 0 Å². The van der Waals surface area contributed by atoms with E-state index in [4.69, 9.17) is 14.2 Å². The second-order valence-corrected chi connectivity index (χ2v) is 8.75. The molecule has 0 saturated carbocycles. The first-order chi connectivity index (χ1) is 15.5. The lowest BCUT2D eigenvalue weighted by Crippen LogP contribution is -2.33. The van der Waals surface area contributed by atoms with Crippen molar-refractivity contribution in [2.75, 3.05) is 27.4 Å². The molecule has 0 aliphatic carbocycles. The topological polar surface area (TPSA) is 81.1 Å². The maximum Gasteiger partial charge on any atom is 0.254 e. The van der Waals surface area contributed by atoms with Gasteiger partial charge < -0.3 is 24.2 Å². The number of aliphatic hydroxyl groups excluding tert-OH is 1. The van der Waals surface area contributed by atoms with Crippen LogP contribution in [0.25, 0.3) is 0 Å². The van der Waals surface area contributed by atoms with Gasteiger partial charge in [0.05, 0.1) is 26.0 Å². The molecule has 0 atom stereocenters. The van der Waals surface area contributed by atoms with Crippen LogP contribution in [0.5, 0.6) is 11.5 Å². The second kappa shape index (κ2) is 12.0. The molecule has 0 saturated heterocycles. The van der Waals surface area contributed by atoms with Crippen molar-refractivity contribution in [2.45, 2.75) is 19.8 Å². The van der Waals surface area contributed by atoms with E-state index in [2.05, 4.69) is 20.9 Å². The number of aliphatic hydroxyl groups is 1. The fraction of sp³-hybridized carbons (Fsp3) is 0.304. The number of carbonyl (C=O) groups excluding carboxylic acids is 1. The summed E-state index contributed by atoms with van der Waals surface area (Å²) in [6.45, 7) is 1.43. The van der Waals surface area contributed by atoms with Crippen LogP contribution in [-0.4, -0.2) is 48.3 Å². The molecule has 0 bridgehead atoms. The predicted octanol–water partition coefficient (Wildman–Crippen LogP) is 4.27. The minimum absolute atomic E-state index is 0.0824. The molecule has 0 unspecified atom stereocenters. The van der Waals surface area contributed by atoms with Crippen molar-refractivity contribution >= 4 is 33.2 Å². The van der Waals surface area contributed by atoms with E-state index in [0.29, 0.717) is 42.5 Å². The van der Waals surface area contributed by atoms with E-state index in [9.17, 15) is 9.90 Å². The lowest BCUT2D eigenvalue weighted by atomic mass is 10.1. The van der Waals surface area contributed by atoms with Crippen molar-refractivity contribution in [1.82, 2.24) is 9.88 Å². The first-order valence-corrected chi connectivity index (χ1v) is 11.6. The highest BCUT2D eigenvalue weighted by Crippen LogP contribution is 2.30. The molecule has 32 heavy (non-hydrogen) atoms. The van der Waals surface area contributed by atoms with E-state index < -0.39 is 0 Å². The summed E-state index contributed by atoms with van der Waals surface area (Å²) in [5.74, 6) is 1.07. The molecule has 9 heteroatoms. The number of amides is 1. The minimum Gasteiger partial charge on any atom is -0.493 e. The Bertz CT molecular complexity index is 1040. The fourth-order valence-corrected chi connectivity index (χ4v) is 4.13. The monoisotopic (exact) mass is 520 g/mol. The van der Waals surface area contributed by atoms with Crippen LogP contribution >= 0.6 is 27.3 Å². The van der Waals surface area contributed by atoms with Crippen molar-refractivity contribution in [3.8, 4) is 11.5 Å². The summed E-state index contributed by atoms with van der Waals surface area (Å²) >= 11 is 4.85. The predicted molar refractivity (Wildman–Crippen MR) is 126 cm³/mol. The van der Waals surface area contributed by atoms with Gasteiger partial charge in [-0.3, -0.25) is 4.79 Å². The van der Waals surface area contributed by atoms with Gasteiger partial charge in [-0.25, -0.2) is 4.98 Å². The molecule has 0 aliphatic heterocycles. The van der Waals surface area contributed by atoms with Gasteiger partial charge in [-0.15, -0.1) is 11.3 Å². The molecule has 0 aliphatic rings. The third-order valence-corrected chi connectivity index (χ3v) is 6.00. The molecule has 0 fully saturated rings. The Hall–Kier alpha value is -2.46. The quantitative estimate of drug-likeness (QED) is 0.406. The van der Waals surface area contributed by atoms with E-state index in [1.165, 1.54) is 11.3 Å². The highest BCUT2D eigenvalue weighted by Gasteiger charge is 2.18. The van der Waals surface area contributed by atoms with Crippen LogP contribution in [0.2, 0.25) is 0 Å². The molecule has 3 rings (SSSR count). The molecule has 1 N–H and O–H groups in total. The largest absolute Gasteiger partial charge is 0.493 e. The van der Waals surface area contributed by atoms with Gasteiger partial charge in [0, 0.05) is 35.6 Å². The van der Waals surface area contributed by atoms with Crippen LogP contribution < -0.4 is 9.47 Å². The number of nitrogens with zero attached hydrogens (tertiary/aromatic N) is 2. The molecular weight excluding hydrogens is 496 g/mol. The number of halogens is 1. The van der Waals surface area contributed by atoms with E-state index in [1.54, 1.807) is 36.6 Å². The average molecular weight is 521 g/mol. The van der Waals surface area contributed by atoms with Gasteiger partial charge in [0.15, 0.2) is 11.5 Å². The summed E-state index contributed by atoms with van der Waals surface area (Å²) < 4.78 is 17.4. The molecular formula is C23H25BrN2O5S. The third kappa shape index (κ3) is 6.52. The molecule has 1 aromatic heterocycles. The van der Waals surface area contributed by atoms with Crippen LogP contribution in [0, 0.1) is 0 Å². The highest BCUT2D eigenvalue weighted by atomic mass is 79.9. The van der Waals surface area contributed by atoms with E-state index in [1.807, 2.05) is 30.3 Å². The Morgan fingerprint density at radius 3 is 2.72 bits per heavy atom. The Labute approximate surface area is 199 Å². The van der Waals surface area contributed by atoms with Gasteiger partial charge in [0.2, 0.25) is 0 Å². The van der Waals surface area contributed by atoms with Crippen LogP contribution in [0.1, 0.15) is 26.6 Å². The Morgan fingerprint density at radius 1 is 1.19 bits per heavy atom.